The number of rotatable bonds is 7. The topological polar surface area (TPSA) is 89.4 Å². The molecule has 2 amide bonds. The predicted molar refractivity (Wildman–Crippen MR) is 139 cm³/mol. The van der Waals surface area contributed by atoms with E-state index in [1.54, 1.807) is 13.1 Å². The average molecular weight is 506 g/mol. The first-order chi connectivity index (χ1) is 18.0. The number of ether oxygens (including phenoxy) is 1. The maximum absolute atomic E-state index is 13.5. The quantitative estimate of drug-likeness (QED) is 0.614. The number of likely N-dealkylation sites (tertiary alicyclic amines) is 1. The number of nitrogens with zero attached hydrogens (tertiary/aromatic N) is 4. The number of nitrogens with one attached hydrogen (secondary N) is 1. The van der Waals surface area contributed by atoms with Crippen LogP contribution in [0.3, 0.4) is 0 Å². The molecule has 4 aliphatic rings. The lowest BCUT2D eigenvalue weighted by atomic mass is 9.85. The van der Waals surface area contributed by atoms with Gasteiger partial charge in [0.05, 0.1) is 0 Å². The molecule has 2 saturated carbocycles. The number of fused-ring (bicyclic) bond motifs is 3. The Morgan fingerprint density at radius 1 is 1.14 bits per heavy atom. The van der Waals surface area contributed by atoms with E-state index in [4.69, 9.17) is 9.84 Å². The van der Waals surface area contributed by atoms with Crippen molar-refractivity contribution in [1.29, 1.82) is 0 Å². The van der Waals surface area contributed by atoms with Gasteiger partial charge in [-0.1, -0.05) is 6.07 Å². The molecule has 8 heteroatoms. The zero-order chi connectivity index (χ0) is 25.5. The highest BCUT2D eigenvalue weighted by Crippen LogP contribution is 2.57. The minimum absolute atomic E-state index is 0.00502. The molecule has 0 unspecified atom stereocenters. The van der Waals surface area contributed by atoms with Crippen molar-refractivity contribution >= 4 is 11.8 Å². The summed E-state index contributed by atoms with van der Waals surface area (Å²) in [6.07, 6.45) is 11.5. The summed E-state index contributed by atoms with van der Waals surface area (Å²) in [5.41, 5.74) is 4.38. The van der Waals surface area contributed by atoms with Crippen molar-refractivity contribution in [2.75, 3.05) is 13.1 Å². The maximum atomic E-state index is 13.5. The lowest BCUT2D eigenvalue weighted by molar-refractivity contribution is -0.119. The lowest BCUT2D eigenvalue weighted by Gasteiger charge is -2.32. The van der Waals surface area contributed by atoms with Crippen molar-refractivity contribution in [2.24, 2.45) is 11.8 Å². The molecule has 1 aliphatic heterocycles. The molecule has 0 spiro atoms. The Balaban J connectivity index is 1.05. The normalized spacial score (nSPS) is 26.9. The molecule has 0 aromatic carbocycles. The van der Waals surface area contributed by atoms with Gasteiger partial charge in [-0.2, -0.15) is 5.10 Å². The smallest absolute Gasteiger partial charge is 0.274 e. The van der Waals surface area contributed by atoms with Crippen molar-refractivity contribution in [3.8, 4) is 5.88 Å². The molecule has 37 heavy (non-hydrogen) atoms. The predicted octanol–water partition coefficient (Wildman–Crippen LogP) is 4.01. The second-order valence-corrected chi connectivity index (χ2v) is 11.7. The van der Waals surface area contributed by atoms with E-state index in [9.17, 15) is 9.59 Å². The third kappa shape index (κ3) is 5.12. The van der Waals surface area contributed by atoms with Gasteiger partial charge in [-0.05, 0) is 88.5 Å². The fourth-order valence-electron chi connectivity index (χ4n) is 6.79. The number of aryl methyl sites for hydroxylation is 2. The fourth-order valence-corrected chi connectivity index (χ4v) is 6.79. The molecule has 2 atom stereocenters. The number of piperidine rings is 1. The fraction of sp³-hybridized carbons (Fsp3) is 0.655. The third-order valence-corrected chi connectivity index (χ3v) is 9.02. The Morgan fingerprint density at radius 3 is 2.65 bits per heavy atom. The van der Waals surface area contributed by atoms with Crippen molar-refractivity contribution < 1.29 is 14.3 Å². The molecule has 6 rings (SSSR count). The molecule has 2 aromatic rings. The molecule has 1 N–H and O–H groups in total. The van der Waals surface area contributed by atoms with Crippen LogP contribution in [0, 0.1) is 18.8 Å². The molecule has 2 aromatic heterocycles. The molecule has 3 aliphatic carbocycles. The molecule has 3 fully saturated rings. The highest BCUT2D eigenvalue weighted by molar-refractivity contribution is 5.94. The van der Waals surface area contributed by atoms with Gasteiger partial charge < -0.3 is 15.0 Å². The minimum Gasteiger partial charge on any atom is -0.474 e. The first-order valence-electron chi connectivity index (χ1n) is 14.2. The summed E-state index contributed by atoms with van der Waals surface area (Å²) in [7, 11) is 0. The van der Waals surface area contributed by atoms with Crippen LogP contribution in [0.1, 0.15) is 91.5 Å². The molecular weight excluding hydrogens is 466 g/mol. The van der Waals surface area contributed by atoms with Gasteiger partial charge in [0, 0.05) is 55.6 Å². The zero-order valence-corrected chi connectivity index (χ0v) is 22.1. The highest BCUT2D eigenvalue weighted by atomic mass is 16.5. The summed E-state index contributed by atoms with van der Waals surface area (Å²) in [6, 6.07) is 4.17. The maximum Gasteiger partial charge on any atom is 0.274 e. The molecule has 3 heterocycles. The summed E-state index contributed by atoms with van der Waals surface area (Å²) < 4.78 is 8.37. The summed E-state index contributed by atoms with van der Waals surface area (Å²) >= 11 is 0. The van der Waals surface area contributed by atoms with Crippen LogP contribution in [-0.4, -0.2) is 56.7 Å². The number of aromatic nitrogens is 3. The summed E-state index contributed by atoms with van der Waals surface area (Å²) in [4.78, 5) is 31.3. The SMILES string of the molecule is CC(=O)NC1CCN(C(=O)c2nn(CCC3CCC(Oc4ncccc4C)CC3)c3c2[C@@H]2C[C@@H]2C3)CC1. The van der Waals surface area contributed by atoms with Crippen LogP contribution >= 0.6 is 0 Å². The molecule has 1 saturated heterocycles. The minimum atomic E-state index is 0.00502. The van der Waals surface area contributed by atoms with Gasteiger partial charge in [0.15, 0.2) is 5.69 Å². The lowest BCUT2D eigenvalue weighted by Crippen LogP contribution is -2.46. The molecule has 0 radical (unpaired) electrons. The first kappa shape index (κ1) is 24.4. The number of amides is 2. The van der Waals surface area contributed by atoms with Crippen LogP contribution in [0.2, 0.25) is 0 Å². The van der Waals surface area contributed by atoms with Gasteiger partial charge in [-0.3, -0.25) is 14.3 Å². The second kappa shape index (κ2) is 10.1. The van der Waals surface area contributed by atoms with Crippen LogP contribution in [0.5, 0.6) is 5.88 Å². The van der Waals surface area contributed by atoms with E-state index in [2.05, 4.69) is 15.0 Å². The zero-order valence-electron chi connectivity index (χ0n) is 22.1. The molecule has 198 valence electrons. The summed E-state index contributed by atoms with van der Waals surface area (Å²) in [6.45, 7) is 5.87. The second-order valence-electron chi connectivity index (χ2n) is 11.7. The van der Waals surface area contributed by atoms with E-state index in [0.717, 1.165) is 62.4 Å². The van der Waals surface area contributed by atoms with Crippen LogP contribution in [0.25, 0.3) is 0 Å². The van der Waals surface area contributed by atoms with E-state index in [0.29, 0.717) is 30.6 Å². The Hall–Kier alpha value is -2.90. The average Bonchev–Trinajstić information content (AvgIpc) is 3.41. The molecular formula is C29H39N5O3. The highest BCUT2D eigenvalue weighted by Gasteiger charge is 2.50. The van der Waals surface area contributed by atoms with Crippen molar-refractivity contribution in [3.05, 3.63) is 40.8 Å². The van der Waals surface area contributed by atoms with E-state index in [1.165, 1.54) is 30.5 Å². The van der Waals surface area contributed by atoms with Crippen LogP contribution in [-0.2, 0) is 17.8 Å². The van der Waals surface area contributed by atoms with Crippen molar-refractivity contribution in [3.63, 3.8) is 0 Å². The number of carbonyl (C=O) groups is 2. The van der Waals surface area contributed by atoms with Gasteiger partial charge in [0.25, 0.3) is 5.91 Å². The number of carbonyl (C=O) groups excluding carboxylic acids is 2. The Morgan fingerprint density at radius 2 is 1.92 bits per heavy atom. The van der Waals surface area contributed by atoms with Gasteiger partial charge in [0.2, 0.25) is 11.8 Å². The summed E-state index contributed by atoms with van der Waals surface area (Å²) in [5, 5.41) is 7.94. The number of hydrogen-bond donors (Lipinski definition) is 1. The van der Waals surface area contributed by atoms with Gasteiger partial charge in [-0.15, -0.1) is 0 Å². The Labute approximate surface area is 219 Å². The molecule has 8 nitrogen and oxygen atoms in total. The van der Waals surface area contributed by atoms with Gasteiger partial charge in [-0.25, -0.2) is 4.98 Å². The monoisotopic (exact) mass is 505 g/mol. The Kier molecular flexibility index (Phi) is 6.67. The van der Waals surface area contributed by atoms with E-state index >= 15 is 0 Å². The third-order valence-electron chi connectivity index (χ3n) is 9.02. The van der Waals surface area contributed by atoms with Crippen LogP contribution in [0.4, 0.5) is 0 Å². The number of hydrogen-bond acceptors (Lipinski definition) is 5. The van der Waals surface area contributed by atoms with Crippen LogP contribution < -0.4 is 10.1 Å². The number of pyridine rings is 1. The first-order valence-corrected chi connectivity index (χ1v) is 14.2. The van der Waals surface area contributed by atoms with Crippen molar-refractivity contribution in [1.82, 2.24) is 25.0 Å². The van der Waals surface area contributed by atoms with E-state index < -0.39 is 0 Å². The summed E-state index contributed by atoms with van der Waals surface area (Å²) in [5.74, 6) is 2.80. The standard InChI is InChI=1S/C29H39N5O3/c1-18-4-3-12-30-28(18)37-23-7-5-20(6-8-23)9-15-34-25-17-21-16-24(21)26(25)27(32-34)29(36)33-13-10-22(11-14-33)31-19(2)35/h3-4,12,20-24H,5-11,13-17H2,1-2H3,(H,31,35)/t20?,21-,23?,24-/m1/s1. The van der Waals surface area contributed by atoms with Gasteiger partial charge >= 0.3 is 0 Å². The van der Waals surface area contributed by atoms with Crippen molar-refractivity contribution in [2.45, 2.75) is 96.2 Å². The van der Waals surface area contributed by atoms with Gasteiger partial charge in [0.1, 0.15) is 6.10 Å². The van der Waals surface area contributed by atoms with Crippen LogP contribution in [0.15, 0.2) is 18.3 Å². The molecule has 0 bridgehead atoms. The van der Waals surface area contributed by atoms with E-state index in [-0.39, 0.29) is 24.0 Å². The largest absolute Gasteiger partial charge is 0.474 e. The van der Waals surface area contributed by atoms with E-state index in [1.807, 2.05) is 24.0 Å². The Bertz CT molecular complexity index is 1160.